The van der Waals surface area contributed by atoms with Crippen LogP contribution >= 0.6 is 11.6 Å². The molecule has 0 aliphatic heterocycles. The van der Waals surface area contributed by atoms with Crippen LogP contribution in [-0.4, -0.2) is 25.8 Å². The molecule has 2 aromatic heterocycles. The number of halogens is 1. The van der Waals surface area contributed by atoms with E-state index in [0.717, 1.165) is 18.5 Å². The second kappa shape index (κ2) is 4.35. The number of hydrogen-bond donors (Lipinski definition) is 1. The van der Waals surface area contributed by atoms with Gasteiger partial charge in [-0.15, -0.1) is 0 Å². The number of carboxylic acids is 1. The summed E-state index contributed by atoms with van der Waals surface area (Å²) in [6, 6.07) is 3.74. The number of nitrogens with zero attached hydrogens (tertiary/aromatic N) is 3. The van der Waals surface area contributed by atoms with Gasteiger partial charge in [-0.2, -0.15) is 5.10 Å². The molecule has 2 aromatic rings. The zero-order valence-electron chi connectivity index (χ0n) is 10.3. The van der Waals surface area contributed by atoms with E-state index >= 15 is 0 Å². The number of aromatic carboxylic acids is 1. The summed E-state index contributed by atoms with van der Waals surface area (Å²) in [7, 11) is 1.68. The SMILES string of the molecule is Cn1cc(-c2ccc(C3CC3)nc2Cl)c(C(=O)O)n1. The van der Waals surface area contributed by atoms with Crippen molar-refractivity contribution in [3.05, 3.63) is 34.9 Å². The van der Waals surface area contributed by atoms with E-state index in [4.69, 9.17) is 16.7 Å². The number of hydrogen-bond acceptors (Lipinski definition) is 3. The van der Waals surface area contributed by atoms with Gasteiger partial charge < -0.3 is 5.11 Å². The second-order valence-electron chi connectivity index (χ2n) is 4.72. The summed E-state index contributed by atoms with van der Waals surface area (Å²) in [5.41, 5.74) is 2.08. The Morgan fingerprint density at radius 1 is 1.42 bits per heavy atom. The van der Waals surface area contributed by atoms with E-state index in [2.05, 4.69) is 10.1 Å². The van der Waals surface area contributed by atoms with Crippen molar-refractivity contribution in [2.45, 2.75) is 18.8 Å². The third kappa shape index (κ3) is 2.21. The number of rotatable bonds is 3. The van der Waals surface area contributed by atoms with Crippen molar-refractivity contribution in [2.75, 3.05) is 0 Å². The Balaban J connectivity index is 2.08. The van der Waals surface area contributed by atoms with Crippen LogP contribution < -0.4 is 0 Å². The molecule has 98 valence electrons. The number of aromatic nitrogens is 3. The molecule has 0 spiro atoms. The molecule has 0 amide bonds. The highest BCUT2D eigenvalue weighted by atomic mass is 35.5. The van der Waals surface area contributed by atoms with Crippen LogP contribution in [0, 0.1) is 0 Å². The molecular weight excluding hydrogens is 266 g/mol. The van der Waals surface area contributed by atoms with Gasteiger partial charge in [-0.25, -0.2) is 9.78 Å². The molecule has 1 saturated carbocycles. The molecule has 1 aliphatic carbocycles. The Labute approximate surface area is 114 Å². The van der Waals surface area contributed by atoms with Crippen LogP contribution in [0.4, 0.5) is 0 Å². The van der Waals surface area contributed by atoms with E-state index in [0.29, 0.717) is 22.2 Å². The smallest absolute Gasteiger partial charge is 0.357 e. The first-order chi connectivity index (χ1) is 9.06. The van der Waals surface area contributed by atoms with E-state index < -0.39 is 5.97 Å². The third-order valence-corrected chi connectivity index (χ3v) is 3.48. The van der Waals surface area contributed by atoms with Crippen LogP contribution in [-0.2, 0) is 7.05 Å². The minimum absolute atomic E-state index is 0.00891. The lowest BCUT2D eigenvalue weighted by atomic mass is 10.1. The summed E-state index contributed by atoms with van der Waals surface area (Å²) >= 11 is 6.18. The summed E-state index contributed by atoms with van der Waals surface area (Å²) in [4.78, 5) is 15.5. The van der Waals surface area contributed by atoms with Crippen molar-refractivity contribution < 1.29 is 9.90 Å². The third-order valence-electron chi connectivity index (χ3n) is 3.19. The average Bonchev–Trinajstić information content (AvgIpc) is 3.12. The predicted molar refractivity (Wildman–Crippen MR) is 70.4 cm³/mol. The van der Waals surface area contributed by atoms with Crippen molar-refractivity contribution >= 4 is 17.6 Å². The summed E-state index contributed by atoms with van der Waals surface area (Å²) in [6.07, 6.45) is 3.94. The van der Waals surface area contributed by atoms with Gasteiger partial charge in [-0.1, -0.05) is 11.6 Å². The Morgan fingerprint density at radius 2 is 2.16 bits per heavy atom. The molecule has 6 heteroatoms. The topological polar surface area (TPSA) is 68.0 Å². The van der Waals surface area contributed by atoms with Gasteiger partial charge in [0.25, 0.3) is 0 Å². The molecule has 2 heterocycles. The van der Waals surface area contributed by atoms with E-state index in [1.165, 1.54) is 4.68 Å². The first-order valence-electron chi connectivity index (χ1n) is 6.00. The zero-order valence-corrected chi connectivity index (χ0v) is 11.1. The van der Waals surface area contributed by atoms with Gasteiger partial charge >= 0.3 is 5.97 Å². The van der Waals surface area contributed by atoms with Crippen molar-refractivity contribution in [1.82, 2.24) is 14.8 Å². The van der Waals surface area contributed by atoms with Crippen LogP contribution in [0.1, 0.15) is 34.9 Å². The van der Waals surface area contributed by atoms with Crippen LogP contribution in [0.25, 0.3) is 11.1 Å². The molecule has 5 nitrogen and oxygen atoms in total. The van der Waals surface area contributed by atoms with E-state index in [1.54, 1.807) is 13.2 Å². The number of pyridine rings is 1. The van der Waals surface area contributed by atoms with Crippen LogP contribution in [0.15, 0.2) is 18.3 Å². The molecule has 0 unspecified atom stereocenters. The Hall–Kier alpha value is -1.88. The van der Waals surface area contributed by atoms with Gasteiger partial charge in [0, 0.05) is 36.0 Å². The lowest BCUT2D eigenvalue weighted by Gasteiger charge is -2.04. The predicted octanol–water partition coefficient (Wildman–Crippen LogP) is 2.71. The largest absolute Gasteiger partial charge is 0.476 e. The molecule has 1 N–H and O–H groups in total. The van der Waals surface area contributed by atoms with Crippen molar-refractivity contribution in [2.24, 2.45) is 7.05 Å². The van der Waals surface area contributed by atoms with E-state index in [9.17, 15) is 4.79 Å². The van der Waals surface area contributed by atoms with Crippen molar-refractivity contribution in [1.29, 1.82) is 0 Å². The van der Waals surface area contributed by atoms with Gasteiger partial charge in [0.15, 0.2) is 5.69 Å². The molecule has 1 fully saturated rings. The summed E-state index contributed by atoms with van der Waals surface area (Å²) in [5.74, 6) is -0.558. The highest BCUT2D eigenvalue weighted by molar-refractivity contribution is 6.32. The fraction of sp³-hybridized carbons (Fsp3) is 0.308. The molecule has 1 aliphatic rings. The lowest BCUT2D eigenvalue weighted by molar-refractivity contribution is 0.0690. The minimum Gasteiger partial charge on any atom is -0.476 e. The number of aryl methyl sites for hydroxylation is 1. The Bertz CT molecular complexity index is 662. The highest BCUT2D eigenvalue weighted by Crippen LogP contribution is 2.40. The molecule has 3 rings (SSSR count). The molecule has 0 bridgehead atoms. The normalized spacial score (nSPS) is 14.6. The van der Waals surface area contributed by atoms with Crippen LogP contribution in [0.2, 0.25) is 5.15 Å². The molecule has 0 aromatic carbocycles. The average molecular weight is 278 g/mol. The van der Waals surface area contributed by atoms with Gasteiger partial charge in [0.1, 0.15) is 5.15 Å². The molecular formula is C13H12ClN3O2. The van der Waals surface area contributed by atoms with Gasteiger partial charge in [0.2, 0.25) is 0 Å². The number of carboxylic acid groups (broad SMARTS) is 1. The fourth-order valence-electron chi connectivity index (χ4n) is 2.10. The minimum atomic E-state index is -1.07. The van der Waals surface area contributed by atoms with Crippen molar-refractivity contribution in [3.63, 3.8) is 0 Å². The first-order valence-corrected chi connectivity index (χ1v) is 6.38. The number of carbonyl (C=O) groups is 1. The van der Waals surface area contributed by atoms with E-state index in [-0.39, 0.29) is 5.69 Å². The molecule has 0 atom stereocenters. The molecule has 19 heavy (non-hydrogen) atoms. The quantitative estimate of drug-likeness (QED) is 0.876. The summed E-state index contributed by atoms with van der Waals surface area (Å²) in [6.45, 7) is 0. The zero-order chi connectivity index (χ0) is 13.6. The van der Waals surface area contributed by atoms with Gasteiger partial charge in [-0.05, 0) is 25.0 Å². The maximum Gasteiger partial charge on any atom is 0.357 e. The summed E-state index contributed by atoms with van der Waals surface area (Å²) < 4.78 is 1.46. The second-order valence-corrected chi connectivity index (χ2v) is 5.08. The highest BCUT2D eigenvalue weighted by Gasteiger charge is 2.26. The van der Waals surface area contributed by atoms with E-state index in [1.807, 2.05) is 12.1 Å². The Morgan fingerprint density at radius 3 is 2.74 bits per heavy atom. The van der Waals surface area contributed by atoms with Gasteiger partial charge in [0.05, 0.1) is 0 Å². The monoisotopic (exact) mass is 277 g/mol. The first kappa shape index (κ1) is 12.2. The Kier molecular flexibility index (Phi) is 2.78. The lowest BCUT2D eigenvalue weighted by Crippen LogP contribution is -2.01. The van der Waals surface area contributed by atoms with Crippen molar-refractivity contribution in [3.8, 4) is 11.1 Å². The standard InChI is InChI=1S/C13H12ClN3O2/c1-17-6-9(11(16-17)13(18)19)8-4-5-10(7-2-3-7)15-12(8)14/h4-7H,2-3H2,1H3,(H,18,19). The summed E-state index contributed by atoms with van der Waals surface area (Å²) in [5, 5.41) is 13.4. The molecule has 0 saturated heterocycles. The maximum atomic E-state index is 11.2. The maximum absolute atomic E-state index is 11.2. The van der Waals surface area contributed by atoms with Gasteiger partial charge in [-0.3, -0.25) is 4.68 Å². The fourth-order valence-corrected chi connectivity index (χ4v) is 2.36. The van der Waals surface area contributed by atoms with Crippen LogP contribution in [0.5, 0.6) is 0 Å². The molecule has 0 radical (unpaired) electrons. The van der Waals surface area contributed by atoms with Crippen LogP contribution in [0.3, 0.4) is 0 Å².